The van der Waals surface area contributed by atoms with Gasteiger partial charge in [-0.25, -0.2) is 9.97 Å². The monoisotopic (exact) mass is 288 g/mol. The standard InChI is InChI=1S/C16H24N4O/c1-2-3-9-20(10-6-11-21)12-15-18-14-8-5-4-7-13(14)16(17)19-15/h4-5,7-8,21H,2-3,6,9-12H2,1H3,(H2,17,18,19). The Kier molecular flexibility index (Phi) is 5.90. The average Bonchev–Trinajstić information content (AvgIpc) is 2.50. The molecule has 0 aliphatic heterocycles. The van der Waals surface area contributed by atoms with Crippen LogP contribution >= 0.6 is 0 Å². The smallest absolute Gasteiger partial charge is 0.145 e. The lowest BCUT2D eigenvalue weighted by molar-refractivity contribution is 0.213. The van der Waals surface area contributed by atoms with Crippen molar-refractivity contribution in [1.29, 1.82) is 0 Å². The van der Waals surface area contributed by atoms with Crippen LogP contribution in [-0.2, 0) is 6.54 Å². The average molecular weight is 288 g/mol. The van der Waals surface area contributed by atoms with E-state index in [4.69, 9.17) is 10.8 Å². The number of fused-ring (bicyclic) bond motifs is 1. The Hall–Kier alpha value is -1.72. The van der Waals surface area contributed by atoms with Crippen molar-refractivity contribution in [1.82, 2.24) is 14.9 Å². The van der Waals surface area contributed by atoms with E-state index in [9.17, 15) is 0 Å². The van der Waals surface area contributed by atoms with Crippen LogP contribution in [0.5, 0.6) is 0 Å². The molecule has 3 N–H and O–H groups in total. The SMILES string of the molecule is CCCCN(CCCO)Cc1nc(N)c2ccccc2n1. The minimum atomic E-state index is 0.212. The summed E-state index contributed by atoms with van der Waals surface area (Å²) >= 11 is 0. The molecule has 0 bridgehead atoms. The van der Waals surface area contributed by atoms with Crippen LogP contribution in [0.25, 0.3) is 10.9 Å². The molecule has 5 nitrogen and oxygen atoms in total. The molecule has 0 fully saturated rings. The number of anilines is 1. The van der Waals surface area contributed by atoms with Crippen LogP contribution in [0.2, 0.25) is 0 Å². The molecule has 21 heavy (non-hydrogen) atoms. The number of nitrogen functional groups attached to an aromatic ring is 1. The summed E-state index contributed by atoms with van der Waals surface area (Å²) < 4.78 is 0. The number of hydrogen-bond acceptors (Lipinski definition) is 5. The molecule has 0 aliphatic carbocycles. The maximum atomic E-state index is 9.01. The molecule has 0 radical (unpaired) electrons. The van der Waals surface area contributed by atoms with Gasteiger partial charge in [0.2, 0.25) is 0 Å². The third-order valence-corrected chi connectivity index (χ3v) is 3.50. The fourth-order valence-corrected chi connectivity index (χ4v) is 2.37. The van der Waals surface area contributed by atoms with Gasteiger partial charge in [-0.15, -0.1) is 0 Å². The zero-order valence-corrected chi connectivity index (χ0v) is 12.6. The summed E-state index contributed by atoms with van der Waals surface area (Å²) in [4.78, 5) is 11.3. The summed E-state index contributed by atoms with van der Waals surface area (Å²) in [7, 11) is 0. The van der Waals surface area contributed by atoms with Crippen molar-refractivity contribution in [2.75, 3.05) is 25.4 Å². The molecule has 1 aromatic heterocycles. The van der Waals surface area contributed by atoms with Gasteiger partial charge in [0.05, 0.1) is 12.1 Å². The van der Waals surface area contributed by atoms with Gasteiger partial charge in [0.15, 0.2) is 0 Å². The van der Waals surface area contributed by atoms with Crippen molar-refractivity contribution in [2.45, 2.75) is 32.7 Å². The van der Waals surface area contributed by atoms with E-state index in [1.165, 1.54) is 0 Å². The van der Waals surface area contributed by atoms with E-state index in [-0.39, 0.29) is 6.61 Å². The molecule has 0 unspecified atom stereocenters. The number of benzene rings is 1. The van der Waals surface area contributed by atoms with Crippen molar-refractivity contribution in [3.8, 4) is 0 Å². The number of hydrogen-bond donors (Lipinski definition) is 2. The second-order valence-corrected chi connectivity index (χ2v) is 5.25. The number of rotatable bonds is 8. The fraction of sp³-hybridized carbons (Fsp3) is 0.500. The van der Waals surface area contributed by atoms with Crippen LogP contribution in [0.3, 0.4) is 0 Å². The fourth-order valence-electron chi connectivity index (χ4n) is 2.37. The van der Waals surface area contributed by atoms with E-state index in [2.05, 4.69) is 21.8 Å². The van der Waals surface area contributed by atoms with Crippen molar-refractivity contribution in [2.24, 2.45) is 0 Å². The van der Waals surface area contributed by atoms with Crippen molar-refractivity contribution in [3.63, 3.8) is 0 Å². The maximum absolute atomic E-state index is 9.01. The Bertz CT molecular complexity index is 565. The minimum Gasteiger partial charge on any atom is -0.396 e. The minimum absolute atomic E-state index is 0.212. The van der Waals surface area contributed by atoms with Gasteiger partial charge in [-0.2, -0.15) is 0 Å². The first-order valence-electron chi connectivity index (χ1n) is 7.59. The van der Waals surface area contributed by atoms with Crippen LogP contribution < -0.4 is 5.73 Å². The van der Waals surface area contributed by atoms with E-state index < -0.39 is 0 Å². The van der Waals surface area contributed by atoms with Gasteiger partial charge < -0.3 is 10.8 Å². The molecule has 0 saturated carbocycles. The van der Waals surface area contributed by atoms with Crippen LogP contribution in [0.4, 0.5) is 5.82 Å². The van der Waals surface area contributed by atoms with Crippen LogP contribution in [0.1, 0.15) is 32.0 Å². The van der Waals surface area contributed by atoms with E-state index in [0.717, 1.165) is 49.1 Å². The Morgan fingerprint density at radius 1 is 1.14 bits per heavy atom. The summed E-state index contributed by atoms with van der Waals surface area (Å²) in [5.74, 6) is 1.29. The Morgan fingerprint density at radius 3 is 2.67 bits per heavy atom. The number of aromatic nitrogens is 2. The number of unbranched alkanes of at least 4 members (excludes halogenated alkanes) is 1. The molecule has 0 aliphatic rings. The molecular weight excluding hydrogens is 264 g/mol. The van der Waals surface area contributed by atoms with Crippen molar-refractivity contribution >= 4 is 16.7 Å². The highest BCUT2D eigenvalue weighted by Gasteiger charge is 2.10. The number of nitrogens with two attached hydrogens (primary N) is 1. The number of para-hydroxylation sites is 1. The number of aliphatic hydroxyl groups excluding tert-OH is 1. The molecule has 1 aromatic carbocycles. The van der Waals surface area contributed by atoms with E-state index in [0.29, 0.717) is 12.4 Å². The van der Waals surface area contributed by atoms with Gasteiger partial charge in [0.1, 0.15) is 11.6 Å². The lowest BCUT2D eigenvalue weighted by Crippen LogP contribution is -2.27. The van der Waals surface area contributed by atoms with Gasteiger partial charge in [0, 0.05) is 18.5 Å². The molecule has 1 heterocycles. The number of aliphatic hydroxyl groups is 1. The predicted molar refractivity (Wildman–Crippen MR) is 85.8 cm³/mol. The van der Waals surface area contributed by atoms with Gasteiger partial charge in [-0.3, -0.25) is 4.90 Å². The molecule has 5 heteroatoms. The highest BCUT2D eigenvalue weighted by molar-refractivity contribution is 5.87. The van der Waals surface area contributed by atoms with Crippen LogP contribution in [0.15, 0.2) is 24.3 Å². The quantitative estimate of drug-likeness (QED) is 0.779. The van der Waals surface area contributed by atoms with E-state index in [1.54, 1.807) is 0 Å². The Morgan fingerprint density at radius 2 is 1.90 bits per heavy atom. The molecule has 0 saturated heterocycles. The van der Waals surface area contributed by atoms with Crippen molar-refractivity contribution < 1.29 is 5.11 Å². The predicted octanol–water partition coefficient (Wildman–Crippen LogP) is 2.20. The van der Waals surface area contributed by atoms with Gasteiger partial charge in [-0.05, 0) is 31.5 Å². The topological polar surface area (TPSA) is 75.3 Å². The third-order valence-electron chi connectivity index (χ3n) is 3.50. The summed E-state index contributed by atoms with van der Waals surface area (Å²) in [6.45, 7) is 4.91. The Labute approximate surface area is 125 Å². The summed E-state index contributed by atoms with van der Waals surface area (Å²) in [5, 5.41) is 9.91. The van der Waals surface area contributed by atoms with Crippen LogP contribution in [-0.4, -0.2) is 39.7 Å². The second kappa shape index (κ2) is 7.90. The molecule has 2 rings (SSSR count). The summed E-state index contributed by atoms with van der Waals surface area (Å²) in [5.41, 5.74) is 6.91. The van der Waals surface area contributed by atoms with Crippen molar-refractivity contribution in [3.05, 3.63) is 30.1 Å². The number of nitrogens with zero attached hydrogens (tertiary/aromatic N) is 3. The Balaban J connectivity index is 2.15. The second-order valence-electron chi connectivity index (χ2n) is 5.25. The molecular formula is C16H24N4O. The first-order chi connectivity index (χ1) is 10.2. The molecule has 0 amide bonds. The lowest BCUT2D eigenvalue weighted by atomic mass is 10.2. The molecule has 0 spiro atoms. The van der Waals surface area contributed by atoms with E-state index >= 15 is 0 Å². The highest BCUT2D eigenvalue weighted by Crippen LogP contribution is 2.17. The summed E-state index contributed by atoms with van der Waals surface area (Å²) in [6, 6.07) is 7.80. The lowest BCUT2D eigenvalue weighted by Gasteiger charge is -2.21. The maximum Gasteiger partial charge on any atom is 0.145 e. The molecule has 0 atom stereocenters. The molecule has 114 valence electrons. The van der Waals surface area contributed by atoms with Gasteiger partial charge >= 0.3 is 0 Å². The zero-order valence-electron chi connectivity index (χ0n) is 12.6. The molecule has 2 aromatic rings. The van der Waals surface area contributed by atoms with Gasteiger partial charge in [-0.1, -0.05) is 25.5 Å². The first kappa shape index (κ1) is 15.7. The third kappa shape index (κ3) is 4.37. The zero-order chi connectivity index (χ0) is 15.1. The summed E-state index contributed by atoms with van der Waals surface area (Å²) in [6.07, 6.45) is 3.05. The highest BCUT2D eigenvalue weighted by atomic mass is 16.3. The van der Waals surface area contributed by atoms with Gasteiger partial charge in [0.25, 0.3) is 0 Å². The van der Waals surface area contributed by atoms with Crippen LogP contribution in [0, 0.1) is 0 Å². The normalized spacial score (nSPS) is 11.4. The first-order valence-corrected chi connectivity index (χ1v) is 7.59. The largest absolute Gasteiger partial charge is 0.396 e. The van der Waals surface area contributed by atoms with E-state index in [1.807, 2.05) is 24.3 Å².